The van der Waals surface area contributed by atoms with Crippen LogP contribution in [0.15, 0.2) is 24.5 Å². The maximum Gasteiger partial charge on any atom is 0.236 e. The van der Waals surface area contributed by atoms with E-state index in [1.165, 1.54) is 0 Å². The van der Waals surface area contributed by atoms with Crippen LogP contribution in [0.3, 0.4) is 0 Å². The van der Waals surface area contributed by atoms with Gasteiger partial charge in [-0.15, -0.1) is 0 Å². The predicted octanol–water partition coefficient (Wildman–Crippen LogP) is 1.52. The summed E-state index contributed by atoms with van der Waals surface area (Å²) in [5.74, 6) is 0.469. The third kappa shape index (κ3) is 3.26. The molecule has 23 heavy (non-hydrogen) atoms. The molecular formula is C18H27N3O2. The van der Waals surface area contributed by atoms with E-state index in [4.69, 9.17) is 0 Å². The van der Waals surface area contributed by atoms with Crippen molar-refractivity contribution in [2.45, 2.75) is 38.8 Å². The second kappa shape index (κ2) is 5.87. The minimum absolute atomic E-state index is 0.103. The maximum absolute atomic E-state index is 12.6. The molecule has 0 radical (unpaired) electrons. The second-order valence-corrected chi connectivity index (χ2v) is 7.86. The monoisotopic (exact) mass is 317 g/mol. The lowest BCUT2D eigenvalue weighted by Gasteiger charge is -2.35. The first kappa shape index (κ1) is 16.4. The minimum atomic E-state index is -0.716. The van der Waals surface area contributed by atoms with Gasteiger partial charge in [0.25, 0.3) is 0 Å². The summed E-state index contributed by atoms with van der Waals surface area (Å²) in [4.78, 5) is 20.5. The van der Waals surface area contributed by atoms with E-state index in [9.17, 15) is 9.90 Å². The molecule has 0 bridgehead atoms. The van der Waals surface area contributed by atoms with Crippen LogP contribution < -0.4 is 0 Å². The Bertz CT molecular complexity index is 571. The van der Waals surface area contributed by atoms with Gasteiger partial charge in [0.15, 0.2) is 0 Å². The van der Waals surface area contributed by atoms with E-state index >= 15 is 0 Å². The number of carbonyl (C=O) groups excluding carboxylic acids is 1. The van der Waals surface area contributed by atoms with E-state index in [2.05, 4.69) is 18.8 Å². The Balaban J connectivity index is 1.58. The number of likely N-dealkylation sites (tertiary alicyclic amines) is 1. The largest absolute Gasteiger partial charge is 0.387 e. The van der Waals surface area contributed by atoms with Crippen molar-refractivity contribution in [3.05, 3.63) is 30.1 Å². The molecule has 3 rings (SSSR count). The number of pyridine rings is 1. The van der Waals surface area contributed by atoms with E-state index in [-0.39, 0.29) is 11.3 Å². The summed E-state index contributed by atoms with van der Waals surface area (Å²) in [5, 5.41) is 11.0. The lowest BCUT2D eigenvalue weighted by Crippen LogP contribution is -2.46. The van der Waals surface area contributed by atoms with Gasteiger partial charge in [-0.1, -0.05) is 13.8 Å². The SMILES string of the molecule is CN(CC(=O)N1CC(C)(C)[C@](O)(C2CC2)C1)Cc1ccncc1. The van der Waals surface area contributed by atoms with Gasteiger partial charge in [0.2, 0.25) is 5.91 Å². The molecule has 1 N–H and O–H groups in total. The predicted molar refractivity (Wildman–Crippen MR) is 88.6 cm³/mol. The number of hydrogen-bond acceptors (Lipinski definition) is 4. The van der Waals surface area contributed by atoms with E-state index in [0.717, 1.165) is 24.9 Å². The smallest absolute Gasteiger partial charge is 0.236 e. The number of amides is 1. The lowest BCUT2D eigenvalue weighted by atomic mass is 9.75. The Morgan fingerprint density at radius 3 is 2.61 bits per heavy atom. The standard InChI is InChI=1S/C18H27N3O2/c1-17(2)12-21(13-18(17,23)15-4-5-15)16(22)11-20(3)10-14-6-8-19-9-7-14/h6-9,15,23H,4-5,10-13H2,1-3H3/t18-/m1/s1. The van der Waals surface area contributed by atoms with Gasteiger partial charge in [-0.25, -0.2) is 0 Å². The summed E-state index contributed by atoms with van der Waals surface area (Å²) in [5.41, 5.74) is 0.200. The molecule has 2 heterocycles. The molecule has 1 saturated carbocycles. The molecule has 1 aliphatic carbocycles. The Labute approximate surface area is 138 Å². The molecule has 1 aromatic heterocycles. The van der Waals surface area contributed by atoms with Gasteiger partial charge in [-0.05, 0) is 43.5 Å². The third-order valence-corrected chi connectivity index (χ3v) is 5.40. The minimum Gasteiger partial charge on any atom is -0.387 e. The molecule has 2 aliphatic rings. The van der Waals surface area contributed by atoms with E-state index in [1.807, 2.05) is 29.0 Å². The van der Waals surface area contributed by atoms with Crippen LogP contribution in [0, 0.1) is 11.3 Å². The molecule has 1 amide bonds. The van der Waals surface area contributed by atoms with E-state index < -0.39 is 5.60 Å². The molecule has 1 aromatic rings. The highest BCUT2D eigenvalue weighted by Gasteiger charge is 2.59. The highest BCUT2D eigenvalue weighted by atomic mass is 16.3. The topological polar surface area (TPSA) is 56.7 Å². The molecule has 0 aromatic carbocycles. The Kier molecular flexibility index (Phi) is 4.19. The average molecular weight is 317 g/mol. The van der Waals surface area contributed by atoms with Crippen molar-refractivity contribution < 1.29 is 9.90 Å². The first-order valence-electron chi connectivity index (χ1n) is 8.39. The summed E-state index contributed by atoms with van der Waals surface area (Å²) in [6.07, 6.45) is 5.71. The van der Waals surface area contributed by atoms with Crippen LogP contribution in [-0.4, -0.2) is 58.1 Å². The highest BCUT2D eigenvalue weighted by Crippen LogP contribution is 2.52. The van der Waals surface area contributed by atoms with Crippen molar-refractivity contribution in [2.24, 2.45) is 11.3 Å². The van der Waals surface area contributed by atoms with Gasteiger partial charge in [0.05, 0.1) is 18.7 Å². The van der Waals surface area contributed by atoms with Gasteiger partial charge in [-0.3, -0.25) is 14.7 Å². The molecule has 2 fully saturated rings. The zero-order valence-corrected chi connectivity index (χ0v) is 14.3. The molecule has 126 valence electrons. The normalized spacial score (nSPS) is 26.7. The maximum atomic E-state index is 12.6. The number of β-amino-alcohol motifs (C(OH)–C–C–N with tert-alkyl or cyclic N) is 1. The number of aromatic nitrogens is 1. The van der Waals surface area contributed by atoms with Gasteiger partial charge in [0, 0.05) is 30.9 Å². The van der Waals surface area contributed by atoms with Crippen molar-refractivity contribution in [1.82, 2.24) is 14.8 Å². The Morgan fingerprint density at radius 1 is 1.35 bits per heavy atom. The fraction of sp³-hybridized carbons (Fsp3) is 0.667. The van der Waals surface area contributed by atoms with Crippen molar-refractivity contribution in [2.75, 3.05) is 26.7 Å². The molecule has 1 aliphatic heterocycles. The average Bonchev–Trinajstić information content (AvgIpc) is 3.28. The van der Waals surface area contributed by atoms with Crippen LogP contribution in [0.2, 0.25) is 0 Å². The molecule has 0 spiro atoms. The summed E-state index contributed by atoms with van der Waals surface area (Å²) in [6.45, 7) is 6.38. The number of rotatable bonds is 5. The molecule has 5 heteroatoms. The van der Waals surface area contributed by atoms with Crippen molar-refractivity contribution >= 4 is 5.91 Å². The van der Waals surface area contributed by atoms with Gasteiger partial charge in [-0.2, -0.15) is 0 Å². The zero-order valence-electron chi connectivity index (χ0n) is 14.3. The fourth-order valence-electron chi connectivity index (χ4n) is 3.78. The first-order chi connectivity index (χ1) is 10.8. The van der Waals surface area contributed by atoms with Crippen LogP contribution in [0.5, 0.6) is 0 Å². The Hall–Kier alpha value is -1.46. The molecular weight excluding hydrogens is 290 g/mol. The highest BCUT2D eigenvalue weighted by molar-refractivity contribution is 5.79. The Morgan fingerprint density at radius 2 is 2.00 bits per heavy atom. The van der Waals surface area contributed by atoms with Crippen molar-refractivity contribution in [3.8, 4) is 0 Å². The number of hydrogen-bond donors (Lipinski definition) is 1. The van der Waals surface area contributed by atoms with Crippen molar-refractivity contribution in [1.29, 1.82) is 0 Å². The van der Waals surface area contributed by atoms with Crippen LogP contribution in [0.1, 0.15) is 32.3 Å². The van der Waals surface area contributed by atoms with E-state index in [1.54, 1.807) is 12.4 Å². The molecule has 5 nitrogen and oxygen atoms in total. The number of aliphatic hydroxyl groups is 1. The summed E-state index contributed by atoms with van der Waals surface area (Å²) >= 11 is 0. The third-order valence-electron chi connectivity index (χ3n) is 5.40. The van der Waals surface area contributed by atoms with Crippen LogP contribution in [-0.2, 0) is 11.3 Å². The number of nitrogens with zero attached hydrogens (tertiary/aromatic N) is 3. The fourth-order valence-corrected chi connectivity index (χ4v) is 3.78. The lowest BCUT2D eigenvalue weighted by molar-refractivity contribution is -0.132. The van der Waals surface area contributed by atoms with Gasteiger partial charge >= 0.3 is 0 Å². The molecule has 0 unspecified atom stereocenters. The summed E-state index contributed by atoms with van der Waals surface area (Å²) < 4.78 is 0. The van der Waals surface area contributed by atoms with Crippen LogP contribution >= 0.6 is 0 Å². The zero-order chi connectivity index (χ0) is 16.7. The van der Waals surface area contributed by atoms with Crippen molar-refractivity contribution in [3.63, 3.8) is 0 Å². The molecule has 1 atom stereocenters. The summed E-state index contributed by atoms with van der Waals surface area (Å²) in [6, 6.07) is 3.93. The van der Waals surface area contributed by atoms with Gasteiger partial charge < -0.3 is 10.0 Å². The van der Waals surface area contributed by atoms with Crippen LogP contribution in [0.4, 0.5) is 0 Å². The summed E-state index contributed by atoms with van der Waals surface area (Å²) in [7, 11) is 1.95. The quantitative estimate of drug-likeness (QED) is 0.895. The van der Waals surface area contributed by atoms with E-state index in [0.29, 0.717) is 25.6 Å². The second-order valence-electron chi connectivity index (χ2n) is 7.86. The number of likely N-dealkylation sites (N-methyl/N-ethyl adjacent to an activating group) is 1. The van der Waals surface area contributed by atoms with Gasteiger partial charge in [0.1, 0.15) is 0 Å². The number of carbonyl (C=O) groups is 1. The molecule has 1 saturated heterocycles. The van der Waals surface area contributed by atoms with Crippen LogP contribution in [0.25, 0.3) is 0 Å². The first-order valence-corrected chi connectivity index (χ1v) is 8.39.